The van der Waals surface area contributed by atoms with Gasteiger partial charge in [-0.05, 0) is 26.5 Å². The molecular formula is C24H28FN7O5S. The fourth-order valence-corrected chi connectivity index (χ4v) is 5.49. The molecule has 1 fully saturated rings. The molecule has 0 unspecified atom stereocenters. The molecule has 2 aromatic heterocycles. The second-order valence-corrected chi connectivity index (χ2v) is 10.5. The second kappa shape index (κ2) is 10.6. The number of likely N-dealkylation sites (N-methyl/N-ethyl adjacent to an activating group) is 1. The van der Waals surface area contributed by atoms with Gasteiger partial charge in [-0.15, -0.1) is 10.2 Å². The summed E-state index contributed by atoms with van der Waals surface area (Å²) in [4.78, 5) is 41.0. The Bertz CT molecular complexity index is 1450. The van der Waals surface area contributed by atoms with E-state index in [2.05, 4.69) is 20.4 Å². The van der Waals surface area contributed by atoms with Crippen LogP contribution in [0.3, 0.4) is 0 Å². The van der Waals surface area contributed by atoms with Gasteiger partial charge in [-0.1, -0.05) is 11.3 Å². The molecule has 0 bridgehead atoms. The highest BCUT2D eigenvalue weighted by Crippen LogP contribution is 2.42. The number of hydrogen-bond acceptors (Lipinski definition) is 10. The first-order valence-corrected chi connectivity index (χ1v) is 13.1. The number of rotatable bonds is 7. The number of amides is 2. The van der Waals surface area contributed by atoms with Crippen molar-refractivity contribution in [2.24, 2.45) is 0 Å². The molecule has 202 valence electrons. The number of halogens is 1. The van der Waals surface area contributed by atoms with E-state index in [9.17, 15) is 14.4 Å². The average Bonchev–Trinajstić information content (AvgIpc) is 3.35. The van der Waals surface area contributed by atoms with Crippen LogP contribution in [-0.4, -0.2) is 76.5 Å². The third-order valence-corrected chi connectivity index (χ3v) is 7.67. The summed E-state index contributed by atoms with van der Waals surface area (Å²) >= 11 is 1.03. The van der Waals surface area contributed by atoms with Crippen LogP contribution >= 0.6 is 11.3 Å². The normalized spacial score (nSPS) is 17.4. The first-order chi connectivity index (χ1) is 18.3. The highest BCUT2D eigenvalue weighted by molar-refractivity contribution is 7.18. The Balaban J connectivity index is 1.47. The SMILES string of the molecule is C[C@H]1COc2c(N3CCN(C)CC3)c(F)cc3c(=O)c(-c4nnc(NC(=O)CCCC(=O)NO)s4)cn1c23. The molecule has 3 aromatic rings. The number of hydroxylamine groups is 1. The first-order valence-electron chi connectivity index (χ1n) is 12.3. The molecule has 4 heterocycles. The smallest absolute Gasteiger partial charge is 0.243 e. The molecule has 0 spiro atoms. The van der Waals surface area contributed by atoms with E-state index in [-0.39, 0.29) is 47.3 Å². The van der Waals surface area contributed by atoms with Gasteiger partial charge in [-0.3, -0.25) is 19.6 Å². The summed E-state index contributed by atoms with van der Waals surface area (Å²) in [5.41, 5.74) is 2.30. The summed E-state index contributed by atoms with van der Waals surface area (Å²) in [5.74, 6) is -1.08. The number of nitrogens with one attached hydrogen (secondary N) is 2. The van der Waals surface area contributed by atoms with E-state index in [0.717, 1.165) is 24.4 Å². The molecular weight excluding hydrogens is 517 g/mol. The second-order valence-electron chi connectivity index (χ2n) is 9.51. The Hall–Kier alpha value is -3.62. The summed E-state index contributed by atoms with van der Waals surface area (Å²) in [6.45, 7) is 5.18. The highest BCUT2D eigenvalue weighted by atomic mass is 32.1. The minimum atomic E-state index is -0.577. The van der Waals surface area contributed by atoms with Crippen molar-refractivity contribution in [3.63, 3.8) is 0 Å². The van der Waals surface area contributed by atoms with Crippen LogP contribution in [0.15, 0.2) is 17.1 Å². The first kappa shape index (κ1) is 26.0. The lowest BCUT2D eigenvalue weighted by atomic mass is 10.1. The Morgan fingerprint density at radius 3 is 2.68 bits per heavy atom. The van der Waals surface area contributed by atoms with Crippen LogP contribution in [0.5, 0.6) is 5.75 Å². The quantitative estimate of drug-likeness (QED) is 0.300. The monoisotopic (exact) mass is 545 g/mol. The van der Waals surface area contributed by atoms with Crippen LogP contribution in [0.2, 0.25) is 0 Å². The van der Waals surface area contributed by atoms with Crippen molar-refractivity contribution in [3.8, 4) is 16.3 Å². The molecule has 2 aliphatic rings. The van der Waals surface area contributed by atoms with Gasteiger partial charge in [0.15, 0.2) is 22.0 Å². The lowest BCUT2D eigenvalue weighted by Gasteiger charge is -2.37. The van der Waals surface area contributed by atoms with Crippen LogP contribution < -0.4 is 25.9 Å². The van der Waals surface area contributed by atoms with Crippen molar-refractivity contribution >= 4 is 44.9 Å². The maximum atomic E-state index is 15.5. The molecule has 0 radical (unpaired) electrons. The van der Waals surface area contributed by atoms with E-state index in [4.69, 9.17) is 9.94 Å². The van der Waals surface area contributed by atoms with Gasteiger partial charge >= 0.3 is 0 Å². The predicted octanol–water partition coefficient (Wildman–Crippen LogP) is 1.98. The van der Waals surface area contributed by atoms with Gasteiger partial charge in [0.25, 0.3) is 0 Å². The van der Waals surface area contributed by atoms with Crippen molar-refractivity contribution in [1.29, 1.82) is 0 Å². The van der Waals surface area contributed by atoms with Gasteiger partial charge < -0.3 is 24.4 Å². The molecule has 5 rings (SSSR count). The van der Waals surface area contributed by atoms with Crippen LogP contribution in [0.25, 0.3) is 21.5 Å². The van der Waals surface area contributed by atoms with Crippen molar-refractivity contribution in [1.82, 2.24) is 25.1 Å². The molecule has 1 saturated heterocycles. The zero-order valence-electron chi connectivity index (χ0n) is 21.0. The Morgan fingerprint density at radius 2 is 1.95 bits per heavy atom. The Labute approximate surface area is 221 Å². The standard InChI is InChI=1S/C24H28FN7O5S/c1-13-12-37-22-19-14(10-16(25)20(22)31-8-6-30(2)7-9-31)21(35)15(11-32(13)19)23-27-28-24(38-23)26-17(33)4-3-5-18(34)29-36/h10-11,13,36H,3-9,12H2,1-2H3,(H,29,34)(H,26,28,33)/t13-/m0/s1. The number of benzene rings is 1. The topological polar surface area (TPSA) is 142 Å². The maximum absolute atomic E-state index is 15.5. The van der Waals surface area contributed by atoms with E-state index < -0.39 is 17.2 Å². The van der Waals surface area contributed by atoms with E-state index in [1.54, 1.807) is 6.20 Å². The Kier molecular flexibility index (Phi) is 7.27. The maximum Gasteiger partial charge on any atom is 0.243 e. The molecule has 12 nitrogen and oxygen atoms in total. The lowest BCUT2D eigenvalue weighted by molar-refractivity contribution is -0.129. The zero-order valence-corrected chi connectivity index (χ0v) is 21.8. The van der Waals surface area contributed by atoms with Gasteiger partial charge in [0, 0.05) is 45.2 Å². The fraction of sp³-hybridized carbons (Fsp3) is 0.458. The molecule has 38 heavy (non-hydrogen) atoms. The van der Waals surface area contributed by atoms with Crippen molar-refractivity contribution < 1.29 is 23.9 Å². The van der Waals surface area contributed by atoms with Crippen LogP contribution in [0.4, 0.5) is 15.2 Å². The number of anilines is 2. The molecule has 0 aliphatic carbocycles. The highest BCUT2D eigenvalue weighted by Gasteiger charge is 2.31. The summed E-state index contributed by atoms with van der Waals surface area (Å²) < 4.78 is 23.5. The van der Waals surface area contributed by atoms with E-state index in [0.29, 0.717) is 41.7 Å². The number of carbonyl (C=O) groups excluding carboxylic acids is 2. The minimum absolute atomic E-state index is 0.00110. The van der Waals surface area contributed by atoms with Gasteiger partial charge in [0.2, 0.25) is 16.9 Å². The van der Waals surface area contributed by atoms with Crippen molar-refractivity contribution in [3.05, 3.63) is 28.3 Å². The Morgan fingerprint density at radius 1 is 1.21 bits per heavy atom. The van der Waals surface area contributed by atoms with E-state index >= 15 is 4.39 Å². The number of pyridine rings is 1. The van der Waals surface area contributed by atoms with Crippen LogP contribution in [0.1, 0.15) is 32.2 Å². The van der Waals surface area contributed by atoms with E-state index in [1.807, 2.05) is 23.4 Å². The van der Waals surface area contributed by atoms with Gasteiger partial charge in [0.05, 0.1) is 22.5 Å². The number of nitrogens with zero attached hydrogens (tertiary/aromatic N) is 5. The fourth-order valence-electron chi connectivity index (χ4n) is 4.72. The molecule has 14 heteroatoms. The largest absolute Gasteiger partial charge is 0.487 e. The number of carbonyl (C=O) groups is 2. The number of hydrogen-bond donors (Lipinski definition) is 3. The summed E-state index contributed by atoms with van der Waals surface area (Å²) in [6.07, 6.45) is 1.98. The van der Waals surface area contributed by atoms with Crippen molar-refractivity contribution in [2.45, 2.75) is 32.2 Å². The predicted molar refractivity (Wildman–Crippen MR) is 139 cm³/mol. The molecule has 1 aromatic carbocycles. The van der Waals surface area contributed by atoms with E-state index in [1.165, 1.54) is 11.5 Å². The summed E-state index contributed by atoms with van der Waals surface area (Å²) in [7, 11) is 2.03. The lowest BCUT2D eigenvalue weighted by Crippen LogP contribution is -2.45. The molecule has 3 N–H and O–H groups in total. The molecule has 0 saturated carbocycles. The number of aromatic nitrogens is 3. The number of piperazine rings is 1. The zero-order chi connectivity index (χ0) is 27.0. The van der Waals surface area contributed by atoms with Gasteiger partial charge in [-0.2, -0.15) is 0 Å². The summed E-state index contributed by atoms with van der Waals surface area (Å²) in [5, 5.41) is 19.9. The minimum Gasteiger partial charge on any atom is -0.487 e. The number of ether oxygens (including phenoxy) is 1. The van der Waals surface area contributed by atoms with Gasteiger partial charge in [-0.25, -0.2) is 9.87 Å². The molecule has 1 atom stereocenters. The average molecular weight is 546 g/mol. The third-order valence-electron chi connectivity index (χ3n) is 6.80. The molecule has 2 aliphatic heterocycles. The van der Waals surface area contributed by atoms with Crippen LogP contribution in [0, 0.1) is 5.82 Å². The van der Waals surface area contributed by atoms with Crippen LogP contribution in [-0.2, 0) is 9.59 Å². The molecule has 2 amide bonds. The summed E-state index contributed by atoms with van der Waals surface area (Å²) in [6, 6.07) is 1.17. The van der Waals surface area contributed by atoms with Gasteiger partial charge in [0.1, 0.15) is 12.3 Å². The van der Waals surface area contributed by atoms with Crippen molar-refractivity contribution in [2.75, 3.05) is 50.1 Å². The third kappa shape index (κ3) is 4.93.